The molecule has 0 aliphatic heterocycles. The monoisotopic (exact) mass is 260 g/mol. The Morgan fingerprint density at radius 3 is 2.59 bits per heavy atom. The maximum atomic E-state index is 11.7. The lowest BCUT2D eigenvalue weighted by molar-refractivity contribution is -0.121. The van der Waals surface area contributed by atoms with E-state index in [1.807, 2.05) is 11.8 Å². The summed E-state index contributed by atoms with van der Waals surface area (Å²) in [5.41, 5.74) is 5.73. The molecule has 0 spiro atoms. The Bertz CT molecular complexity index is 219. The number of nitrogens with one attached hydrogen (secondary N) is 1. The van der Waals surface area contributed by atoms with Crippen LogP contribution in [-0.2, 0) is 4.79 Å². The Balaban J connectivity index is 3.72. The number of nitrogens with two attached hydrogens (primary N) is 1. The van der Waals surface area contributed by atoms with Crippen molar-refractivity contribution in [1.82, 2.24) is 5.32 Å². The topological polar surface area (TPSA) is 55.1 Å². The molecule has 0 aliphatic carbocycles. The lowest BCUT2D eigenvalue weighted by Gasteiger charge is -2.23. The Morgan fingerprint density at radius 1 is 1.41 bits per heavy atom. The van der Waals surface area contributed by atoms with Crippen molar-refractivity contribution in [3.05, 3.63) is 0 Å². The molecule has 0 aromatic heterocycles. The predicted octanol–water partition coefficient (Wildman–Crippen LogP) is 2.26. The van der Waals surface area contributed by atoms with Crippen molar-refractivity contribution in [2.45, 2.75) is 40.0 Å². The molecule has 4 heteroatoms. The van der Waals surface area contributed by atoms with Gasteiger partial charge in [-0.2, -0.15) is 11.8 Å². The Kier molecular flexibility index (Phi) is 8.70. The van der Waals surface area contributed by atoms with Crippen molar-refractivity contribution in [2.24, 2.45) is 17.1 Å². The molecule has 17 heavy (non-hydrogen) atoms. The molecule has 0 rings (SSSR count). The highest BCUT2D eigenvalue weighted by Crippen LogP contribution is 2.25. The molecular weight excluding hydrogens is 232 g/mol. The molecule has 1 atom stereocenters. The van der Waals surface area contributed by atoms with E-state index in [0.29, 0.717) is 18.9 Å². The number of carbonyl (C=O) groups is 1. The van der Waals surface area contributed by atoms with Crippen LogP contribution in [0.25, 0.3) is 0 Å². The van der Waals surface area contributed by atoms with Crippen LogP contribution in [0.1, 0.15) is 40.0 Å². The van der Waals surface area contributed by atoms with Crippen LogP contribution in [0.3, 0.4) is 0 Å². The molecule has 3 N–H and O–H groups in total. The summed E-state index contributed by atoms with van der Waals surface area (Å²) in [5.74, 6) is 1.81. The van der Waals surface area contributed by atoms with E-state index in [1.54, 1.807) is 0 Å². The molecular formula is C13H28N2OS. The van der Waals surface area contributed by atoms with Gasteiger partial charge in [-0.15, -0.1) is 0 Å². The van der Waals surface area contributed by atoms with E-state index >= 15 is 0 Å². The first-order valence-electron chi connectivity index (χ1n) is 6.37. The summed E-state index contributed by atoms with van der Waals surface area (Å²) >= 11 is 1.82. The van der Waals surface area contributed by atoms with Gasteiger partial charge in [-0.05, 0) is 42.7 Å². The van der Waals surface area contributed by atoms with Gasteiger partial charge in [0.1, 0.15) is 0 Å². The summed E-state index contributed by atoms with van der Waals surface area (Å²) in [5, 5.41) is 3.00. The summed E-state index contributed by atoms with van der Waals surface area (Å²) in [6, 6.07) is 0. The van der Waals surface area contributed by atoms with Crippen LogP contribution in [0, 0.1) is 11.3 Å². The number of carbonyl (C=O) groups excluding carboxylic acids is 1. The minimum Gasteiger partial charge on any atom is -0.356 e. The standard InChI is InChI=1S/C13H28N2OS/c1-11(10-17-4)9-15-12(16)5-6-13(2,3)7-8-14/h11H,5-10,14H2,1-4H3,(H,15,16). The van der Waals surface area contributed by atoms with Crippen LogP contribution >= 0.6 is 11.8 Å². The molecule has 0 fully saturated rings. The average Bonchev–Trinajstić information content (AvgIpc) is 2.24. The van der Waals surface area contributed by atoms with E-state index < -0.39 is 0 Å². The highest BCUT2D eigenvalue weighted by molar-refractivity contribution is 7.98. The predicted molar refractivity (Wildman–Crippen MR) is 77.2 cm³/mol. The summed E-state index contributed by atoms with van der Waals surface area (Å²) in [4.78, 5) is 11.7. The molecule has 1 unspecified atom stereocenters. The van der Waals surface area contributed by atoms with Gasteiger partial charge in [-0.1, -0.05) is 20.8 Å². The van der Waals surface area contributed by atoms with E-state index in [4.69, 9.17) is 5.73 Å². The van der Waals surface area contributed by atoms with Gasteiger partial charge < -0.3 is 11.1 Å². The third-order valence-electron chi connectivity index (χ3n) is 2.95. The van der Waals surface area contributed by atoms with Crippen molar-refractivity contribution in [1.29, 1.82) is 0 Å². The molecule has 3 nitrogen and oxygen atoms in total. The van der Waals surface area contributed by atoms with Gasteiger partial charge in [-0.3, -0.25) is 4.79 Å². The van der Waals surface area contributed by atoms with Crippen molar-refractivity contribution >= 4 is 17.7 Å². The first-order chi connectivity index (χ1) is 7.91. The summed E-state index contributed by atoms with van der Waals surface area (Å²) in [7, 11) is 0. The second-order valence-corrected chi connectivity index (χ2v) is 6.48. The third-order valence-corrected chi connectivity index (χ3v) is 3.85. The minimum atomic E-state index is 0.169. The number of thioether (sulfide) groups is 1. The molecule has 0 aromatic carbocycles. The van der Waals surface area contributed by atoms with E-state index in [9.17, 15) is 4.79 Å². The molecule has 0 heterocycles. The lowest BCUT2D eigenvalue weighted by atomic mass is 9.84. The lowest BCUT2D eigenvalue weighted by Crippen LogP contribution is -2.30. The van der Waals surface area contributed by atoms with Gasteiger partial charge in [0.15, 0.2) is 0 Å². The van der Waals surface area contributed by atoms with E-state index in [2.05, 4.69) is 32.3 Å². The van der Waals surface area contributed by atoms with Gasteiger partial charge >= 0.3 is 0 Å². The summed E-state index contributed by atoms with van der Waals surface area (Å²) in [6.45, 7) is 7.98. The third kappa shape index (κ3) is 9.48. The molecule has 0 bridgehead atoms. The Hall–Kier alpha value is -0.220. The normalized spacial score (nSPS) is 13.5. The molecule has 0 saturated carbocycles. The Morgan fingerprint density at radius 2 is 2.06 bits per heavy atom. The van der Waals surface area contributed by atoms with Crippen molar-refractivity contribution in [2.75, 3.05) is 25.1 Å². The minimum absolute atomic E-state index is 0.169. The van der Waals surface area contributed by atoms with Gasteiger partial charge in [0.25, 0.3) is 0 Å². The first kappa shape index (κ1) is 16.8. The van der Waals surface area contributed by atoms with Gasteiger partial charge in [0.2, 0.25) is 5.91 Å². The fourth-order valence-electron chi connectivity index (χ4n) is 1.69. The zero-order valence-electron chi connectivity index (χ0n) is 11.7. The molecule has 1 amide bonds. The Labute approximate surface area is 110 Å². The van der Waals surface area contributed by atoms with Gasteiger partial charge in [0.05, 0.1) is 0 Å². The number of hydrogen-bond donors (Lipinski definition) is 2. The van der Waals surface area contributed by atoms with Crippen LogP contribution in [0.4, 0.5) is 0 Å². The van der Waals surface area contributed by atoms with E-state index in [-0.39, 0.29) is 11.3 Å². The summed E-state index contributed by atoms with van der Waals surface area (Å²) < 4.78 is 0. The maximum Gasteiger partial charge on any atom is 0.220 e. The van der Waals surface area contributed by atoms with E-state index in [1.165, 1.54) is 0 Å². The second kappa shape index (κ2) is 8.81. The van der Waals surface area contributed by atoms with Crippen molar-refractivity contribution < 1.29 is 4.79 Å². The fraction of sp³-hybridized carbons (Fsp3) is 0.923. The van der Waals surface area contributed by atoms with Crippen LogP contribution in [0.5, 0.6) is 0 Å². The molecule has 0 aromatic rings. The number of hydrogen-bond acceptors (Lipinski definition) is 3. The quantitative estimate of drug-likeness (QED) is 0.668. The van der Waals surface area contributed by atoms with Crippen LogP contribution < -0.4 is 11.1 Å². The van der Waals surface area contributed by atoms with Crippen LogP contribution in [0.2, 0.25) is 0 Å². The van der Waals surface area contributed by atoms with Crippen molar-refractivity contribution in [3.8, 4) is 0 Å². The molecule has 0 aliphatic rings. The largest absolute Gasteiger partial charge is 0.356 e. The summed E-state index contributed by atoms with van der Waals surface area (Å²) in [6.07, 6.45) is 4.59. The highest BCUT2D eigenvalue weighted by atomic mass is 32.2. The maximum absolute atomic E-state index is 11.7. The zero-order valence-corrected chi connectivity index (χ0v) is 12.5. The second-order valence-electron chi connectivity index (χ2n) is 5.57. The zero-order chi connectivity index (χ0) is 13.3. The molecule has 102 valence electrons. The SMILES string of the molecule is CSCC(C)CNC(=O)CCC(C)(C)CCN. The van der Waals surface area contributed by atoms with Crippen LogP contribution in [-0.4, -0.2) is 31.0 Å². The number of amides is 1. The first-order valence-corrected chi connectivity index (χ1v) is 7.76. The highest BCUT2D eigenvalue weighted by Gasteiger charge is 2.18. The molecule has 0 saturated heterocycles. The molecule has 0 radical (unpaired) electrons. The van der Waals surface area contributed by atoms with Gasteiger partial charge in [-0.25, -0.2) is 0 Å². The van der Waals surface area contributed by atoms with Crippen molar-refractivity contribution in [3.63, 3.8) is 0 Å². The fourth-order valence-corrected chi connectivity index (χ4v) is 2.37. The van der Waals surface area contributed by atoms with E-state index in [0.717, 1.165) is 25.1 Å². The smallest absolute Gasteiger partial charge is 0.220 e. The average molecular weight is 260 g/mol. The number of rotatable bonds is 9. The van der Waals surface area contributed by atoms with Crippen LogP contribution in [0.15, 0.2) is 0 Å². The van der Waals surface area contributed by atoms with Gasteiger partial charge in [0, 0.05) is 13.0 Å².